The molecule has 2 unspecified atom stereocenters. The third kappa shape index (κ3) is 4.95. The summed E-state index contributed by atoms with van der Waals surface area (Å²) in [4.78, 5) is 29.0. The van der Waals surface area contributed by atoms with E-state index in [1.807, 2.05) is 69.6 Å². The molecule has 1 aliphatic rings. The zero-order chi connectivity index (χ0) is 21.0. The number of nitrogens with one attached hydrogen (secondary N) is 1. The first-order chi connectivity index (χ1) is 13.9. The van der Waals surface area contributed by atoms with Crippen LogP contribution in [-0.2, 0) is 9.59 Å². The summed E-state index contributed by atoms with van der Waals surface area (Å²) >= 11 is 0. The van der Waals surface area contributed by atoms with E-state index < -0.39 is 0 Å². The molecular weight excluding hydrogens is 366 g/mol. The molecule has 1 N–H and O–H groups in total. The molecule has 0 bridgehead atoms. The first kappa shape index (κ1) is 20.9. The van der Waals surface area contributed by atoms with Gasteiger partial charge in [0, 0.05) is 25.2 Å². The predicted molar refractivity (Wildman–Crippen MR) is 114 cm³/mol. The van der Waals surface area contributed by atoms with Gasteiger partial charge in [-0.25, -0.2) is 0 Å². The SMILES string of the molecule is COc1cccc(C(CNC(=O)C2CC(=O)N(c3ccc(C)cc3)C2)N(C)C)c1. The van der Waals surface area contributed by atoms with Crippen LogP contribution in [-0.4, -0.2) is 51.0 Å². The van der Waals surface area contributed by atoms with Crippen molar-refractivity contribution in [2.75, 3.05) is 39.2 Å². The molecule has 2 aromatic carbocycles. The average Bonchev–Trinajstić information content (AvgIpc) is 3.10. The third-order valence-electron chi connectivity index (χ3n) is 5.41. The molecule has 0 spiro atoms. The van der Waals surface area contributed by atoms with Crippen LogP contribution in [0.5, 0.6) is 5.75 Å². The van der Waals surface area contributed by atoms with Crippen LogP contribution >= 0.6 is 0 Å². The van der Waals surface area contributed by atoms with Gasteiger partial charge < -0.3 is 19.9 Å². The van der Waals surface area contributed by atoms with Gasteiger partial charge in [-0.3, -0.25) is 9.59 Å². The standard InChI is InChI=1S/C23H29N3O3/c1-16-8-10-19(11-9-16)26-15-18(13-22(26)27)23(28)24-14-21(25(2)3)17-6-5-7-20(12-17)29-4/h5-12,18,21H,13-15H2,1-4H3,(H,24,28). The Morgan fingerprint density at radius 3 is 2.62 bits per heavy atom. The number of aryl methyl sites for hydroxylation is 1. The van der Waals surface area contributed by atoms with E-state index in [2.05, 4.69) is 10.2 Å². The van der Waals surface area contributed by atoms with Crippen LogP contribution in [0.2, 0.25) is 0 Å². The zero-order valence-corrected chi connectivity index (χ0v) is 17.5. The smallest absolute Gasteiger partial charge is 0.227 e. The summed E-state index contributed by atoms with van der Waals surface area (Å²) < 4.78 is 5.32. The van der Waals surface area contributed by atoms with E-state index >= 15 is 0 Å². The number of amides is 2. The molecule has 3 rings (SSSR count). The third-order valence-corrected chi connectivity index (χ3v) is 5.41. The molecule has 29 heavy (non-hydrogen) atoms. The van der Waals surface area contributed by atoms with Crippen molar-refractivity contribution < 1.29 is 14.3 Å². The molecule has 1 aliphatic heterocycles. The summed E-state index contributed by atoms with van der Waals surface area (Å²) in [6.07, 6.45) is 0.242. The van der Waals surface area contributed by atoms with E-state index in [1.165, 1.54) is 0 Å². The van der Waals surface area contributed by atoms with Crippen LogP contribution in [0.4, 0.5) is 5.69 Å². The number of hydrogen-bond donors (Lipinski definition) is 1. The van der Waals surface area contributed by atoms with Gasteiger partial charge in [-0.15, -0.1) is 0 Å². The van der Waals surface area contributed by atoms with E-state index in [1.54, 1.807) is 12.0 Å². The lowest BCUT2D eigenvalue weighted by Gasteiger charge is -2.26. The van der Waals surface area contributed by atoms with Gasteiger partial charge in [0.25, 0.3) is 0 Å². The van der Waals surface area contributed by atoms with Crippen molar-refractivity contribution in [3.8, 4) is 5.75 Å². The van der Waals surface area contributed by atoms with Crippen molar-refractivity contribution in [2.24, 2.45) is 5.92 Å². The molecule has 0 radical (unpaired) electrons. The Bertz CT molecular complexity index is 864. The highest BCUT2D eigenvalue weighted by atomic mass is 16.5. The molecule has 1 heterocycles. The maximum Gasteiger partial charge on any atom is 0.227 e. The van der Waals surface area contributed by atoms with E-state index in [9.17, 15) is 9.59 Å². The lowest BCUT2D eigenvalue weighted by molar-refractivity contribution is -0.126. The Balaban J connectivity index is 1.63. The minimum atomic E-state index is -0.336. The number of carbonyl (C=O) groups excluding carboxylic acids is 2. The zero-order valence-electron chi connectivity index (χ0n) is 17.5. The van der Waals surface area contributed by atoms with Gasteiger partial charge >= 0.3 is 0 Å². The fourth-order valence-electron chi connectivity index (χ4n) is 3.65. The Morgan fingerprint density at radius 1 is 1.24 bits per heavy atom. The first-order valence-corrected chi connectivity index (χ1v) is 9.84. The second-order valence-electron chi connectivity index (χ2n) is 7.74. The number of methoxy groups -OCH3 is 1. The highest BCUT2D eigenvalue weighted by Gasteiger charge is 2.35. The van der Waals surface area contributed by atoms with Gasteiger partial charge in [-0.2, -0.15) is 0 Å². The molecule has 0 aromatic heterocycles. The van der Waals surface area contributed by atoms with Gasteiger partial charge in [0.15, 0.2) is 0 Å². The first-order valence-electron chi connectivity index (χ1n) is 9.84. The van der Waals surface area contributed by atoms with Crippen molar-refractivity contribution in [3.05, 3.63) is 59.7 Å². The summed E-state index contributed by atoms with van der Waals surface area (Å²) in [5.41, 5.74) is 3.05. The van der Waals surface area contributed by atoms with Gasteiger partial charge in [-0.1, -0.05) is 29.8 Å². The van der Waals surface area contributed by atoms with Crippen LogP contribution in [0.1, 0.15) is 23.6 Å². The summed E-state index contributed by atoms with van der Waals surface area (Å²) in [5.74, 6) is 0.362. The summed E-state index contributed by atoms with van der Waals surface area (Å²) in [7, 11) is 5.60. The maximum absolute atomic E-state index is 12.8. The van der Waals surface area contributed by atoms with Crippen LogP contribution in [0.25, 0.3) is 0 Å². The molecule has 2 atom stereocenters. The van der Waals surface area contributed by atoms with Crippen molar-refractivity contribution >= 4 is 17.5 Å². The van der Waals surface area contributed by atoms with Crippen molar-refractivity contribution in [1.29, 1.82) is 0 Å². The number of benzene rings is 2. The van der Waals surface area contributed by atoms with E-state index in [0.717, 1.165) is 22.6 Å². The lowest BCUT2D eigenvalue weighted by Crippen LogP contribution is -2.38. The van der Waals surface area contributed by atoms with Gasteiger partial charge in [0.05, 0.1) is 19.1 Å². The number of nitrogens with zero attached hydrogens (tertiary/aromatic N) is 2. The second kappa shape index (κ2) is 9.09. The normalized spacial score (nSPS) is 17.5. The monoisotopic (exact) mass is 395 g/mol. The van der Waals surface area contributed by atoms with Crippen molar-refractivity contribution in [1.82, 2.24) is 10.2 Å². The number of hydrogen-bond acceptors (Lipinski definition) is 4. The quantitative estimate of drug-likeness (QED) is 0.783. The van der Waals surface area contributed by atoms with Crippen LogP contribution in [0.3, 0.4) is 0 Å². The lowest BCUT2D eigenvalue weighted by atomic mass is 10.0. The average molecular weight is 396 g/mol. The Kier molecular flexibility index (Phi) is 6.54. The molecular formula is C23H29N3O3. The fraction of sp³-hybridized carbons (Fsp3) is 0.391. The molecule has 2 aromatic rings. The van der Waals surface area contributed by atoms with E-state index in [0.29, 0.717) is 13.1 Å². The maximum atomic E-state index is 12.8. The molecule has 2 amide bonds. The van der Waals surface area contributed by atoms with Gasteiger partial charge in [0.1, 0.15) is 5.75 Å². The predicted octanol–water partition coefficient (Wildman–Crippen LogP) is 2.78. The molecule has 0 aliphatic carbocycles. The highest BCUT2D eigenvalue weighted by molar-refractivity contribution is 6.00. The van der Waals surface area contributed by atoms with Crippen LogP contribution in [0.15, 0.2) is 48.5 Å². The second-order valence-corrected chi connectivity index (χ2v) is 7.74. The van der Waals surface area contributed by atoms with Crippen molar-refractivity contribution in [3.63, 3.8) is 0 Å². The topological polar surface area (TPSA) is 61.9 Å². The summed E-state index contributed by atoms with van der Waals surface area (Å²) in [6, 6.07) is 15.7. The van der Waals surface area contributed by atoms with Gasteiger partial charge in [0.2, 0.25) is 11.8 Å². The van der Waals surface area contributed by atoms with Crippen molar-refractivity contribution in [2.45, 2.75) is 19.4 Å². The van der Waals surface area contributed by atoms with E-state index in [4.69, 9.17) is 4.74 Å². The fourth-order valence-corrected chi connectivity index (χ4v) is 3.65. The number of ether oxygens (including phenoxy) is 1. The molecule has 0 saturated carbocycles. The van der Waals surface area contributed by atoms with E-state index in [-0.39, 0.29) is 30.2 Å². The minimum absolute atomic E-state index is 0.00837. The molecule has 1 saturated heterocycles. The number of anilines is 1. The molecule has 6 nitrogen and oxygen atoms in total. The Morgan fingerprint density at radius 2 is 1.97 bits per heavy atom. The summed E-state index contributed by atoms with van der Waals surface area (Å²) in [6.45, 7) is 2.89. The molecule has 1 fully saturated rings. The molecule has 6 heteroatoms. The van der Waals surface area contributed by atoms with Crippen LogP contribution in [0, 0.1) is 12.8 Å². The summed E-state index contributed by atoms with van der Waals surface area (Å²) in [5, 5.41) is 3.04. The number of likely N-dealkylation sites (N-methyl/N-ethyl adjacent to an activating group) is 1. The number of rotatable bonds is 7. The Labute approximate surface area is 172 Å². The highest BCUT2D eigenvalue weighted by Crippen LogP contribution is 2.26. The Hall–Kier alpha value is -2.86. The van der Waals surface area contributed by atoms with Gasteiger partial charge in [-0.05, 0) is 50.8 Å². The largest absolute Gasteiger partial charge is 0.497 e. The number of carbonyl (C=O) groups is 2. The van der Waals surface area contributed by atoms with Crippen LogP contribution < -0.4 is 15.0 Å². The molecule has 154 valence electrons. The minimum Gasteiger partial charge on any atom is -0.497 e.